The number of nitrogens with one attached hydrogen (secondary N) is 1. The lowest BCUT2D eigenvalue weighted by Crippen LogP contribution is -2.44. The van der Waals surface area contributed by atoms with Crippen molar-refractivity contribution in [2.24, 2.45) is 5.73 Å². The third kappa shape index (κ3) is 6.90. The third-order valence-electron chi connectivity index (χ3n) is 2.19. The molecule has 0 saturated heterocycles. The molecule has 0 aromatic heterocycles. The van der Waals surface area contributed by atoms with Gasteiger partial charge in [-0.15, -0.1) is 0 Å². The van der Waals surface area contributed by atoms with E-state index >= 15 is 0 Å². The van der Waals surface area contributed by atoms with E-state index in [9.17, 15) is 9.59 Å². The number of carbonyl (C=O) groups is 2. The van der Waals surface area contributed by atoms with Crippen LogP contribution in [-0.4, -0.2) is 29.1 Å². The number of carboxylic acid groups (broad SMARTS) is 1. The summed E-state index contributed by atoms with van der Waals surface area (Å²) in [6.07, 6.45) is 1.97. The Morgan fingerprint density at radius 3 is 2.53 bits per heavy atom. The maximum atomic E-state index is 11.3. The Bertz CT molecular complexity index is 219. The molecular formula is C10H20N2O3. The van der Waals surface area contributed by atoms with E-state index in [-0.39, 0.29) is 18.4 Å². The molecule has 0 radical (unpaired) electrons. The highest BCUT2D eigenvalue weighted by Crippen LogP contribution is 2.01. The van der Waals surface area contributed by atoms with E-state index in [2.05, 4.69) is 5.32 Å². The molecule has 0 bridgehead atoms. The fourth-order valence-corrected chi connectivity index (χ4v) is 1.17. The lowest BCUT2D eigenvalue weighted by molar-refractivity contribution is -0.137. The molecule has 0 aromatic carbocycles. The number of amides is 1. The van der Waals surface area contributed by atoms with Gasteiger partial charge in [-0.1, -0.05) is 6.92 Å². The summed E-state index contributed by atoms with van der Waals surface area (Å²) in [7, 11) is 0. The number of hydrogen-bond acceptors (Lipinski definition) is 3. The van der Waals surface area contributed by atoms with E-state index in [0.717, 1.165) is 0 Å². The summed E-state index contributed by atoms with van der Waals surface area (Å²) in [6.45, 7) is 3.70. The van der Waals surface area contributed by atoms with Gasteiger partial charge in [0.1, 0.15) is 0 Å². The van der Waals surface area contributed by atoms with Crippen LogP contribution in [0.25, 0.3) is 0 Å². The fourth-order valence-electron chi connectivity index (χ4n) is 1.17. The molecule has 5 heteroatoms. The van der Waals surface area contributed by atoms with Gasteiger partial charge in [-0.2, -0.15) is 0 Å². The molecule has 0 saturated carbocycles. The maximum absolute atomic E-state index is 11.3. The summed E-state index contributed by atoms with van der Waals surface area (Å²) in [5.41, 5.74) is 5.54. The number of aliphatic carboxylic acids is 1. The molecule has 15 heavy (non-hydrogen) atoms. The van der Waals surface area contributed by atoms with Gasteiger partial charge in [0, 0.05) is 12.5 Å². The smallest absolute Gasteiger partial charge is 0.303 e. The molecule has 0 spiro atoms. The van der Waals surface area contributed by atoms with Crippen LogP contribution in [-0.2, 0) is 9.59 Å². The molecule has 1 unspecified atom stereocenters. The molecule has 0 aliphatic carbocycles. The van der Waals surface area contributed by atoms with E-state index < -0.39 is 12.0 Å². The maximum Gasteiger partial charge on any atom is 0.303 e. The highest BCUT2D eigenvalue weighted by Gasteiger charge is 2.13. The lowest BCUT2D eigenvalue weighted by atomic mass is 10.1. The van der Waals surface area contributed by atoms with Gasteiger partial charge < -0.3 is 16.2 Å². The van der Waals surface area contributed by atoms with Crippen molar-refractivity contribution in [3.63, 3.8) is 0 Å². The van der Waals surface area contributed by atoms with Crippen molar-refractivity contribution in [3.05, 3.63) is 0 Å². The number of rotatable bonds is 7. The van der Waals surface area contributed by atoms with E-state index in [1.807, 2.05) is 13.8 Å². The first kappa shape index (κ1) is 13.9. The quantitative estimate of drug-likeness (QED) is 0.577. The number of hydrogen-bond donors (Lipinski definition) is 3. The Morgan fingerprint density at radius 2 is 2.07 bits per heavy atom. The standard InChI is InChI=1S/C10H20N2O3/c1-3-8(11)10(15)12-7(2)5-4-6-9(13)14/h7-8H,3-6,11H2,1-2H3,(H,12,15)(H,13,14)/t7?,8-/m1/s1. The lowest BCUT2D eigenvalue weighted by Gasteiger charge is -2.16. The molecule has 88 valence electrons. The van der Waals surface area contributed by atoms with Crippen molar-refractivity contribution in [2.75, 3.05) is 0 Å². The average Bonchev–Trinajstić information content (AvgIpc) is 2.15. The van der Waals surface area contributed by atoms with E-state index in [0.29, 0.717) is 19.3 Å². The van der Waals surface area contributed by atoms with Crippen LogP contribution in [0.5, 0.6) is 0 Å². The first-order valence-corrected chi connectivity index (χ1v) is 5.25. The zero-order valence-corrected chi connectivity index (χ0v) is 9.32. The van der Waals surface area contributed by atoms with Crippen molar-refractivity contribution >= 4 is 11.9 Å². The summed E-state index contributed by atoms with van der Waals surface area (Å²) < 4.78 is 0. The Labute approximate surface area is 90.0 Å². The normalized spacial score (nSPS) is 14.3. The molecule has 0 aliphatic rings. The molecule has 5 nitrogen and oxygen atoms in total. The van der Waals surface area contributed by atoms with Gasteiger partial charge in [-0.05, 0) is 26.2 Å². The first-order valence-electron chi connectivity index (χ1n) is 5.25. The predicted molar refractivity (Wildman–Crippen MR) is 57.4 cm³/mol. The van der Waals surface area contributed by atoms with Crippen LogP contribution in [0.15, 0.2) is 0 Å². The molecule has 4 N–H and O–H groups in total. The van der Waals surface area contributed by atoms with Crippen LogP contribution in [0, 0.1) is 0 Å². The summed E-state index contributed by atoms with van der Waals surface area (Å²) >= 11 is 0. The number of carboxylic acids is 1. The molecule has 0 heterocycles. The first-order chi connectivity index (χ1) is 6.97. The highest BCUT2D eigenvalue weighted by molar-refractivity contribution is 5.81. The van der Waals surface area contributed by atoms with Crippen molar-refractivity contribution < 1.29 is 14.7 Å². The molecule has 0 fully saturated rings. The van der Waals surface area contributed by atoms with Gasteiger partial charge >= 0.3 is 5.97 Å². The van der Waals surface area contributed by atoms with Crippen molar-refractivity contribution in [1.29, 1.82) is 0 Å². The highest BCUT2D eigenvalue weighted by atomic mass is 16.4. The van der Waals surface area contributed by atoms with E-state index in [1.165, 1.54) is 0 Å². The predicted octanol–water partition coefficient (Wildman–Crippen LogP) is 0.483. The second-order valence-corrected chi connectivity index (χ2v) is 3.71. The van der Waals surface area contributed by atoms with Crippen LogP contribution in [0.1, 0.15) is 39.5 Å². The van der Waals surface area contributed by atoms with E-state index in [1.54, 1.807) is 0 Å². The minimum atomic E-state index is -0.807. The van der Waals surface area contributed by atoms with Crippen molar-refractivity contribution in [2.45, 2.75) is 51.6 Å². The van der Waals surface area contributed by atoms with Gasteiger partial charge in [-0.25, -0.2) is 0 Å². The zero-order chi connectivity index (χ0) is 11.8. The van der Waals surface area contributed by atoms with Crippen LogP contribution in [0.4, 0.5) is 0 Å². The Balaban J connectivity index is 3.68. The van der Waals surface area contributed by atoms with Gasteiger partial charge in [-0.3, -0.25) is 9.59 Å². The average molecular weight is 216 g/mol. The summed E-state index contributed by atoms with van der Waals surface area (Å²) in [5, 5.41) is 11.2. The summed E-state index contributed by atoms with van der Waals surface area (Å²) in [5.74, 6) is -0.973. The molecule has 0 aromatic rings. The minimum Gasteiger partial charge on any atom is -0.481 e. The monoisotopic (exact) mass is 216 g/mol. The number of nitrogens with two attached hydrogens (primary N) is 1. The third-order valence-corrected chi connectivity index (χ3v) is 2.19. The fraction of sp³-hybridized carbons (Fsp3) is 0.800. The minimum absolute atomic E-state index is 0.0190. The summed E-state index contributed by atoms with van der Waals surface area (Å²) in [4.78, 5) is 21.6. The molecule has 0 aliphatic heterocycles. The number of carbonyl (C=O) groups excluding carboxylic acids is 1. The summed E-state index contributed by atoms with van der Waals surface area (Å²) in [6, 6.07) is -0.485. The van der Waals surface area contributed by atoms with Crippen LogP contribution >= 0.6 is 0 Å². The van der Waals surface area contributed by atoms with Crippen molar-refractivity contribution in [1.82, 2.24) is 5.32 Å². The van der Waals surface area contributed by atoms with Gasteiger partial charge in [0.15, 0.2) is 0 Å². The largest absolute Gasteiger partial charge is 0.481 e. The molecular weight excluding hydrogens is 196 g/mol. The SMILES string of the molecule is CC[C@@H](N)C(=O)NC(C)CCCC(=O)O. The topological polar surface area (TPSA) is 92.4 Å². The second-order valence-electron chi connectivity index (χ2n) is 3.71. The Morgan fingerprint density at radius 1 is 1.47 bits per heavy atom. The van der Waals surface area contributed by atoms with E-state index in [4.69, 9.17) is 10.8 Å². The van der Waals surface area contributed by atoms with Gasteiger partial charge in [0.25, 0.3) is 0 Å². The second kappa shape index (κ2) is 7.23. The van der Waals surface area contributed by atoms with Crippen LogP contribution in [0.2, 0.25) is 0 Å². The van der Waals surface area contributed by atoms with Gasteiger partial charge in [0.2, 0.25) is 5.91 Å². The molecule has 0 rings (SSSR count). The Kier molecular flexibility index (Phi) is 6.70. The molecule has 1 amide bonds. The van der Waals surface area contributed by atoms with Crippen LogP contribution < -0.4 is 11.1 Å². The van der Waals surface area contributed by atoms with Crippen LogP contribution in [0.3, 0.4) is 0 Å². The van der Waals surface area contributed by atoms with Crippen molar-refractivity contribution in [3.8, 4) is 0 Å². The van der Waals surface area contributed by atoms with Gasteiger partial charge in [0.05, 0.1) is 6.04 Å². The molecule has 2 atom stereocenters. The Hall–Kier alpha value is -1.10. The zero-order valence-electron chi connectivity index (χ0n) is 9.32.